The van der Waals surface area contributed by atoms with Crippen LogP contribution in [0.5, 0.6) is 0 Å². The summed E-state index contributed by atoms with van der Waals surface area (Å²) in [4.78, 5) is 3.14. The maximum Gasteiger partial charge on any atom is 0.268 e. The highest BCUT2D eigenvalue weighted by Gasteiger charge is 2.27. The molecule has 0 aliphatic carbocycles. The molecule has 10 heavy (non-hydrogen) atoms. The first-order chi connectivity index (χ1) is 4.27. The van der Waals surface area contributed by atoms with E-state index >= 15 is 0 Å². The Hall–Kier alpha value is 0.314. The van der Waals surface area contributed by atoms with E-state index in [1.165, 1.54) is 0 Å². The van der Waals surface area contributed by atoms with E-state index in [4.69, 9.17) is 5.40 Å². The highest BCUT2D eigenvalue weighted by Crippen LogP contribution is 1.96. The van der Waals surface area contributed by atoms with Gasteiger partial charge >= 0.3 is 0 Å². The Morgan fingerprint density at radius 3 is 1.60 bits per heavy atom. The van der Waals surface area contributed by atoms with Crippen molar-refractivity contribution in [3.63, 3.8) is 0 Å². The summed E-state index contributed by atoms with van der Waals surface area (Å²) < 4.78 is 3.49. The minimum atomic E-state index is -1.75. The lowest BCUT2D eigenvalue weighted by Gasteiger charge is -2.30. The van der Waals surface area contributed by atoms with Crippen LogP contribution in [0.1, 0.15) is 0 Å². The second-order valence-corrected chi connectivity index (χ2v) is 12.2. The van der Waals surface area contributed by atoms with Gasteiger partial charge in [-0.2, -0.15) is 0 Å². The summed E-state index contributed by atoms with van der Waals surface area (Å²) in [6, 6.07) is 0. The van der Waals surface area contributed by atoms with Crippen molar-refractivity contribution >= 4 is 16.8 Å². The molecule has 3 nitrogen and oxygen atoms in total. The molecule has 0 aromatic rings. The Labute approximate surface area is 65.7 Å². The third-order valence-electron chi connectivity index (χ3n) is 1.15. The fraction of sp³-hybridized carbons (Fsp3) is 1.00. The van der Waals surface area contributed by atoms with Crippen molar-refractivity contribution in [3.8, 4) is 0 Å². The van der Waals surface area contributed by atoms with Crippen molar-refractivity contribution in [2.75, 3.05) is 7.05 Å². The van der Waals surface area contributed by atoms with Gasteiger partial charge in [0.1, 0.15) is 8.24 Å². The van der Waals surface area contributed by atoms with Crippen molar-refractivity contribution in [3.05, 3.63) is 0 Å². The summed E-state index contributed by atoms with van der Waals surface area (Å²) in [6.45, 7) is 8.83. The topological polar surface area (TPSA) is 50.1 Å². The second-order valence-electron chi connectivity index (χ2n) is 3.83. The van der Waals surface area contributed by atoms with Gasteiger partial charge < -0.3 is 15.0 Å². The zero-order valence-corrected chi connectivity index (χ0v) is 9.58. The first kappa shape index (κ1) is 10.3. The Balaban J connectivity index is 3.89. The smallest absolute Gasteiger partial charge is 0.268 e. The fourth-order valence-corrected chi connectivity index (χ4v) is 7.57. The third-order valence-corrected chi connectivity index (χ3v) is 7.27. The van der Waals surface area contributed by atoms with E-state index in [1.54, 1.807) is 0 Å². The summed E-state index contributed by atoms with van der Waals surface area (Å²) in [5, 5.41) is 5.95. The van der Waals surface area contributed by atoms with E-state index in [-0.39, 0.29) is 0 Å². The van der Waals surface area contributed by atoms with Crippen LogP contribution in [0.3, 0.4) is 0 Å². The lowest BCUT2D eigenvalue weighted by atomic mass is 11.6. The maximum absolute atomic E-state index is 5.95. The van der Waals surface area contributed by atoms with Crippen LogP contribution in [0.15, 0.2) is 0 Å². The molecule has 0 rings (SSSR count). The molecule has 1 atom stereocenters. The van der Waals surface area contributed by atoms with E-state index in [2.05, 4.69) is 35.8 Å². The standard InChI is InChI=1S/C5H19N3Si2/c1-7-10(5,6)8-9(2,3)4/h7-8H,6H2,1-5H3. The lowest BCUT2D eigenvalue weighted by molar-refractivity contribution is 1.06. The van der Waals surface area contributed by atoms with Gasteiger partial charge in [-0.3, -0.25) is 0 Å². The highest BCUT2D eigenvalue weighted by atomic mass is 28.4. The molecule has 0 fully saturated rings. The molecule has 0 heterocycles. The average Bonchev–Trinajstić information content (AvgIpc) is 1.60. The molecule has 0 saturated heterocycles. The van der Waals surface area contributed by atoms with Gasteiger partial charge in [0.05, 0.1) is 0 Å². The van der Waals surface area contributed by atoms with Gasteiger partial charge in [0.15, 0.2) is 0 Å². The van der Waals surface area contributed by atoms with Crippen LogP contribution in [0.25, 0.3) is 0 Å². The molecule has 62 valence electrons. The summed E-state index contributed by atoms with van der Waals surface area (Å²) in [7, 11) is -1.02. The van der Waals surface area contributed by atoms with Crippen LogP contribution >= 0.6 is 0 Å². The molecule has 0 bridgehead atoms. The van der Waals surface area contributed by atoms with E-state index in [9.17, 15) is 0 Å². The Bertz CT molecular complexity index is 108. The lowest BCUT2D eigenvalue weighted by Crippen LogP contribution is -2.72. The molecule has 0 amide bonds. The van der Waals surface area contributed by atoms with Crippen LogP contribution in [-0.2, 0) is 0 Å². The summed E-state index contributed by atoms with van der Waals surface area (Å²) >= 11 is 0. The van der Waals surface area contributed by atoms with Gasteiger partial charge in [-0.05, 0) is 13.6 Å². The van der Waals surface area contributed by atoms with E-state index in [0.717, 1.165) is 0 Å². The van der Waals surface area contributed by atoms with Crippen molar-refractivity contribution in [1.29, 1.82) is 0 Å². The minimum absolute atomic E-state index is 1.19. The SMILES string of the molecule is CN[Si](C)(N)N[Si](C)(C)C. The van der Waals surface area contributed by atoms with Gasteiger partial charge in [0.2, 0.25) is 0 Å². The quantitative estimate of drug-likeness (QED) is 0.538. The Kier molecular flexibility index (Phi) is 3.24. The molecule has 0 aliphatic heterocycles. The van der Waals surface area contributed by atoms with Crippen molar-refractivity contribution in [2.45, 2.75) is 26.2 Å². The first-order valence-electron chi connectivity index (χ1n) is 3.54. The molecule has 5 heteroatoms. The zero-order chi connectivity index (χ0) is 8.41. The van der Waals surface area contributed by atoms with Crippen LogP contribution < -0.4 is 15.0 Å². The Morgan fingerprint density at radius 2 is 1.50 bits per heavy atom. The van der Waals surface area contributed by atoms with Gasteiger partial charge in [-0.25, -0.2) is 0 Å². The van der Waals surface area contributed by atoms with Gasteiger partial charge in [-0.15, -0.1) is 0 Å². The van der Waals surface area contributed by atoms with E-state index in [0.29, 0.717) is 0 Å². The minimum Gasteiger partial charge on any atom is -0.335 e. The Morgan fingerprint density at radius 1 is 1.10 bits per heavy atom. The van der Waals surface area contributed by atoms with Crippen molar-refractivity contribution < 1.29 is 0 Å². The van der Waals surface area contributed by atoms with Crippen LogP contribution in [0, 0.1) is 0 Å². The number of hydrogen-bond acceptors (Lipinski definition) is 3. The summed E-state index contributed by atoms with van der Waals surface area (Å²) in [5.74, 6) is 0. The normalized spacial score (nSPS) is 18.6. The molecule has 0 saturated carbocycles. The van der Waals surface area contributed by atoms with Gasteiger partial charge in [0.25, 0.3) is 8.56 Å². The first-order valence-corrected chi connectivity index (χ1v) is 9.62. The molecule has 0 aromatic carbocycles. The van der Waals surface area contributed by atoms with Gasteiger partial charge in [0, 0.05) is 0 Å². The van der Waals surface area contributed by atoms with Crippen LogP contribution in [0.4, 0.5) is 0 Å². The number of rotatable bonds is 3. The van der Waals surface area contributed by atoms with Gasteiger partial charge in [-0.1, -0.05) is 19.6 Å². The molecule has 0 aliphatic rings. The molecule has 1 unspecified atom stereocenters. The number of nitrogens with one attached hydrogen (secondary N) is 2. The molecular formula is C5H19N3Si2. The molecule has 0 spiro atoms. The third kappa shape index (κ3) is 5.13. The zero-order valence-electron chi connectivity index (χ0n) is 7.58. The molecule has 4 N–H and O–H groups in total. The van der Waals surface area contributed by atoms with E-state index in [1.807, 2.05) is 7.05 Å². The summed E-state index contributed by atoms with van der Waals surface area (Å²) in [5.41, 5.74) is 0. The molecule has 0 radical (unpaired) electrons. The fourth-order valence-electron chi connectivity index (χ4n) is 0.842. The largest absolute Gasteiger partial charge is 0.335 e. The average molecular weight is 177 g/mol. The number of nitrogens with two attached hydrogens (primary N) is 1. The molecular weight excluding hydrogens is 158 g/mol. The van der Waals surface area contributed by atoms with Crippen LogP contribution in [-0.4, -0.2) is 23.8 Å². The van der Waals surface area contributed by atoms with Crippen molar-refractivity contribution in [2.24, 2.45) is 5.40 Å². The summed E-state index contributed by atoms with van der Waals surface area (Å²) in [6.07, 6.45) is 0. The molecule has 0 aromatic heterocycles. The number of hydrogen-bond donors (Lipinski definition) is 3. The predicted octanol–water partition coefficient (Wildman–Crippen LogP) is 0.158. The van der Waals surface area contributed by atoms with Crippen LogP contribution in [0.2, 0.25) is 26.2 Å². The second kappa shape index (κ2) is 3.14. The monoisotopic (exact) mass is 177 g/mol. The van der Waals surface area contributed by atoms with E-state index < -0.39 is 16.8 Å². The van der Waals surface area contributed by atoms with Crippen molar-refractivity contribution in [1.82, 2.24) is 9.63 Å². The maximum atomic E-state index is 5.95. The highest BCUT2D eigenvalue weighted by molar-refractivity contribution is 6.88. The predicted molar refractivity (Wildman–Crippen MR) is 51.3 cm³/mol.